The number of benzene rings is 2. The van der Waals surface area contributed by atoms with Gasteiger partial charge in [-0.05, 0) is 60.7 Å². The topological polar surface area (TPSA) is 123 Å². The molecule has 0 aliphatic carbocycles. The molecule has 0 unspecified atom stereocenters. The van der Waals surface area contributed by atoms with Gasteiger partial charge in [-0.2, -0.15) is 0 Å². The largest absolute Gasteiger partial charge is 0.457 e. The Morgan fingerprint density at radius 3 is 2.43 bits per heavy atom. The molecular weight excluding hydrogens is 474 g/mol. The van der Waals surface area contributed by atoms with E-state index in [1.807, 2.05) is 6.07 Å². The molecule has 0 radical (unpaired) electrons. The molecular formula is C20H14BrN3O5S. The Kier molecular flexibility index (Phi) is 5.06. The molecule has 10 heteroatoms. The van der Waals surface area contributed by atoms with Gasteiger partial charge in [-0.25, -0.2) is 18.6 Å². The summed E-state index contributed by atoms with van der Waals surface area (Å²) in [6.07, 6.45) is 1.36. The first-order valence-corrected chi connectivity index (χ1v) is 10.9. The van der Waals surface area contributed by atoms with Gasteiger partial charge in [0.1, 0.15) is 17.1 Å². The van der Waals surface area contributed by atoms with Gasteiger partial charge >= 0.3 is 0 Å². The minimum atomic E-state index is -3.79. The Bertz CT molecular complexity index is 1300. The predicted octanol–water partition coefficient (Wildman–Crippen LogP) is 2.82. The number of halogens is 1. The van der Waals surface area contributed by atoms with Crippen LogP contribution in [0.4, 0.5) is 5.69 Å². The van der Waals surface area contributed by atoms with Gasteiger partial charge in [0.05, 0.1) is 10.6 Å². The van der Waals surface area contributed by atoms with Crippen LogP contribution < -0.4 is 15.6 Å². The Balaban J connectivity index is 1.59. The summed E-state index contributed by atoms with van der Waals surface area (Å²) in [4.78, 5) is 25.0. The van der Waals surface area contributed by atoms with E-state index in [2.05, 4.69) is 21.4 Å². The third-order valence-electron chi connectivity index (χ3n) is 4.34. The van der Waals surface area contributed by atoms with Crippen molar-refractivity contribution in [3.63, 3.8) is 0 Å². The van der Waals surface area contributed by atoms with Crippen molar-refractivity contribution < 1.29 is 22.4 Å². The Labute approximate surface area is 180 Å². The van der Waals surface area contributed by atoms with Crippen LogP contribution in [-0.4, -0.2) is 20.2 Å². The Hall–Kier alpha value is -3.21. The van der Waals surface area contributed by atoms with Gasteiger partial charge in [-0.15, -0.1) is 0 Å². The van der Waals surface area contributed by atoms with Gasteiger partial charge in [-0.1, -0.05) is 22.0 Å². The van der Waals surface area contributed by atoms with E-state index < -0.39 is 21.8 Å². The summed E-state index contributed by atoms with van der Waals surface area (Å²) in [5.74, 6) is -0.309. The number of carbonyl (C=O) groups is 2. The molecule has 1 aromatic heterocycles. The normalized spacial score (nSPS) is 15.7. The summed E-state index contributed by atoms with van der Waals surface area (Å²) in [5.41, 5.74) is 3.58. The van der Waals surface area contributed by atoms with Crippen LogP contribution in [0, 0.1) is 0 Å². The number of sulfonamides is 1. The van der Waals surface area contributed by atoms with Gasteiger partial charge in [0.2, 0.25) is 10.0 Å². The summed E-state index contributed by atoms with van der Waals surface area (Å²) < 4.78 is 29.2. The lowest BCUT2D eigenvalue weighted by Gasteiger charge is -2.14. The van der Waals surface area contributed by atoms with E-state index in [-0.39, 0.29) is 10.5 Å². The molecule has 4 rings (SSSR count). The quantitative estimate of drug-likeness (QED) is 0.432. The summed E-state index contributed by atoms with van der Waals surface area (Å²) in [5, 5.41) is 6.25. The van der Waals surface area contributed by atoms with Crippen LogP contribution in [-0.2, 0) is 19.6 Å². The number of furan rings is 1. The summed E-state index contributed by atoms with van der Waals surface area (Å²) in [6.45, 7) is 0. The highest BCUT2D eigenvalue weighted by Gasteiger charge is 2.34. The second-order valence-corrected chi connectivity index (χ2v) is 8.87. The van der Waals surface area contributed by atoms with Crippen molar-refractivity contribution in [2.45, 2.75) is 4.90 Å². The fraction of sp³-hybridized carbons (Fsp3) is 0. The molecule has 8 nitrogen and oxygen atoms in total. The lowest BCUT2D eigenvalue weighted by molar-refractivity contribution is -0.117. The summed E-state index contributed by atoms with van der Waals surface area (Å²) in [7, 11) is -3.79. The molecule has 0 atom stereocenters. The van der Waals surface area contributed by atoms with Gasteiger partial charge in [0, 0.05) is 10.0 Å². The minimum absolute atomic E-state index is 0.0130. The van der Waals surface area contributed by atoms with Crippen LogP contribution in [0.25, 0.3) is 17.4 Å². The summed E-state index contributed by atoms with van der Waals surface area (Å²) >= 11 is 3.33. The maximum atomic E-state index is 12.7. The fourth-order valence-electron chi connectivity index (χ4n) is 2.89. The molecule has 3 N–H and O–H groups in total. The van der Waals surface area contributed by atoms with Crippen LogP contribution in [0.2, 0.25) is 0 Å². The molecule has 1 aliphatic rings. The van der Waals surface area contributed by atoms with Crippen molar-refractivity contribution in [2.75, 3.05) is 5.01 Å². The number of hydrogen-bond donors (Lipinski definition) is 2. The number of amides is 2. The number of nitrogens with zero attached hydrogens (tertiary/aromatic N) is 1. The number of anilines is 1. The number of hydrogen-bond acceptors (Lipinski definition) is 5. The monoisotopic (exact) mass is 487 g/mol. The summed E-state index contributed by atoms with van der Waals surface area (Å²) in [6, 6.07) is 16.1. The van der Waals surface area contributed by atoms with Crippen molar-refractivity contribution in [1.29, 1.82) is 0 Å². The third kappa shape index (κ3) is 3.92. The molecule has 2 amide bonds. The van der Waals surface area contributed by atoms with Gasteiger partial charge < -0.3 is 4.42 Å². The van der Waals surface area contributed by atoms with Crippen LogP contribution in [0.3, 0.4) is 0 Å². The number of hydrazine groups is 1. The van der Waals surface area contributed by atoms with Crippen LogP contribution in [0.5, 0.6) is 0 Å². The lowest BCUT2D eigenvalue weighted by Crippen LogP contribution is -2.35. The molecule has 1 aliphatic heterocycles. The highest BCUT2D eigenvalue weighted by atomic mass is 79.9. The number of carbonyl (C=O) groups excluding carboxylic acids is 2. The third-order valence-corrected chi connectivity index (χ3v) is 5.76. The second-order valence-electron chi connectivity index (χ2n) is 6.39. The zero-order valence-electron chi connectivity index (χ0n) is 15.2. The number of primary sulfonamides is 1. The Morgan fingerprint density at radius 1 is 1.03 bits per heavy atom. The highest BCUT2D eigenvalue weighted by Crippen LogP contribution is 2.27. The van der Waals surface area contributed by atoms with E-state index in [1.165, 1.54) is 18.2 Å². The zero-order valence-corrected chi connectivity index (χ0v) is 17.6. The number of nitrogens with two attached hydrogens (primary N) is 1. The van der Waals surface area contributed by atoms with Gasteiger partial charge in [-0.3, -0.25) is 15.0 Å². The molecule has 0 spiro atoms. The first-order chi connectivity index (χ1) is 14.2. The molecule has 0 bridgehead atoms. The van der Waals surface area contributed by atoms with E-state index in [9.17, 15) is 18.0 Å². The zero-order chi connectivity index (χ0) is 21.5. The van der Waals surface area contributed by atoms with E-state index >= 15 is 0 Å². The molecule has 152 valence electrons. The number of rotatable bonds is 4. The van der Waals surface area contributed by atoms with Crippen molar-refractivity contribution >= 4 is 49.5 Å². The van der Waals surface area contributed by atoms with Crippen molar-refractivity contribution in [1.82, 2.24) is 5.43 Å². The van der Waals surface area contributed by atoms with E-state index in [1.54, 1.807) is 42.5 Å². The maximum absolute atomic E-state index is 12.7. The van der Waals surface area contributed by atoms with Crippen molar-refractivity contribution in [3.05, 3.63) is 76.5 Å². The second kappa shape index (κ2) is 7.56. The highest BCUT2D eigenvalue weighted by molar-refractivity contribution is 9.10. The molecule has 0 saturated carbocycles. The number of nitrogens with one attached hydrogen (secondary N) is 1. The molecule has 1 fully saturated rings. The van der Waals surface area contributed by atoms with E-state index in [0.29, 0.717) is 22.8 Å². The standard InChI is InChI=1S/C20H14BrN3O5S/c21-13-2-1-3-14(10-13)24-20(26)17(19(25)23-24)11-15-6-9-18(29-15)12-4-7-16(8-5-12)30(22,27)28/h1-11H,(H,23,25)(H2,22,27,28). The van der Waals surface area contributed by atoms with E-state index in [0.717, 1.165) is 9.48 Å². The fourth-order valence-corrected chi connectivity index (χ4v) is 3.79. The average Bonchev–Trinajstić information content (AvgIpc) is 3.28. The molecule has 3 aromatic rings. The smallest absolute Gasteiger partial charge is 0.282 e. The first kappa shape index (κ1) is 20.1. The van der Waals surface area contributed by atoms with Crippen LogP contribution in [0.1, 0.15) is 5.76 Å². The molecule has 2 aromatic carbocycles. The van der Waals surface area contributed by atoms with Gasteiger partial charge in [0.25, 0.3) is 11.8 Å². The Morgan fingerprint density at radius 2 is 1.77 bits per heavy atom. The SMILES string of the molecule is NS(=O)(=O)c1ccc(-c2ccc(C=C3C(=O)NN(c4cccc(Br)c4)C3=O)o2)cc1. The molecule has 30 heavy (non-hydrogen) atoms. The van der Waals surface area contributed by atoms with Crippen LogP contribution in [0.15, 0.2) is 80.0 Å². The predicted molar refractivity (Wildman–Crippen MR) is 113 cm³/mol. The molecule has 1 saturated heterocycles. The van der Waals surface area contributed by atoms with Crippen molar-refractivity contribution in [3.8, 4) is 11.3 Å². The van der Waals surface area contributed by atoms with E-state index in [4.69, 9.17) is 9.56 Å². The maximum Gasteiger partial charge on any atom is 0.282 e. The van der Waals surface area contributed by atoms with Gasteiger partial charge in [0.15, 0.2) is 0 Å². The molecule has 2 heterocycles. The van der Waals surface area contributed by atoms with Crippen molar-refractivity contribution in [2.24, 2.45) is 5.14 Å². The lowest BCUT2D eigenvalue weighted by atomic mass is 10.2. The van der Waals surface area contributed by atoms with Crippen LogP contribution >= 0.6 is 15.9 Å². The first-order valence-electron chi connectivity index (χ1n) is 8.58. The average molecular weight is 488 g/mol. The minimum Gasteiger partial charge on any atom is -0.457 e.